The largest absolute Gasteiger partial charge is 0.492 e. The molecule has 2 aromatic carbocycles. The van der Waals surface area contributed by atoms with E-state index in [0.717, 1.165) is 11.4 Å². The number of carbonyl (C=O) groups is 1. The predicted octanol–water partition coefficient (Wildman–Crippen LogP) is 3.99. The van der Waals surface area contributed by atoms with Gasteiger partial charge in [0.25, 0.3) is 5.91 Å². The average Bonchev–Trinajstić information content (AvgIpc) is 3.03. The Morgan fingerprint density at radius 3 is 2.69 bits per heavy atom. The van der Waals surface area contributed by atoms with Crippen LogP contribution in [0.2, 0.25) is 5.02 Å². The summed E-state index contributed by atoms with van der Waals surface area (Å²) in [5.74, 6) is 0.603. The molecule has 0 saturated carbocycles. The van der Waals surface area contributed by atoms with Gasteiger partial charge in [0, 0.05) is 12.1 Å². The van der Waals surface area contributed by atoms with Crippen molar-refractivity contribution >= 4 is 17.5 Å². The molecule has 0 radical (unpaired) electrons. The van der Waals surface area contributed by atoms with Crippen LogP contribution in [0.1, 0.15) is 16.1 Å². The Labute approximate surface area is 157 Å². The van der Waals surface area contributed by atoms with Crippen molar-refractivity contribution < 1.29 is 9.53 Å². The van der Waals surface area contributed by atoms with Gasteiger partial charge in [-0.05, 0) is 37.3 Å². The van der Waals surface area contributed by atoms with E-state index in [2.05, 4.69) is 5.10 Å². The first kappa shape index (κ1) is 18.0. The number of halogens is 1. The smallest absolute Gasteiger partial charge is 0.257 e. The molecule has 3 aromatic rings. The first-order valence-electron chi connectivity index (χ1n) is 8.30. The van der Waals surface area contributed by atoms with Crippen molar-refractivity contribution in [1.29, 1.82) is 0 Å². The molecule has 1 aromatic heterocycles. The summed E-state index contributed by atoms with van der Waals surface area (Å²) >= 11 is 5.93. The summed E-state index contributed by atoms with van der Waals surface area (Å²) in [6, 6.07) is 16.9. The lowest BCUT2D eigenvalue weighted by atomic mass is 10.2. The average molecular weight is 370 g/mol. The molecule has 0 atom stereocenters. The summed E-state index contributed by atoms with van der Waals surface area (Å²) in [4.78, 5) is 14.3. The van der Waals surface area contributed by atoms with Crippen LogP contribution in [0.25, 0.3) is 5.69 Å². The Balaban J connectivity index is 1.63. The highest BCUT2D eigenvalue weighted by Crippen LogP contribution is 2.18. The molecule has 0 aliphatic heterocycles. The van der Waals surface area contributed by atoms with E-state index in [1.807, 2.05) is 49.4 Å². The van der Waals surface area contributed by atoms with Gasteiger partial charge >= 0.3 is 0 Å². The number of benzene rings is 2. The molecule has 0 N–H and O–H groups in total. The molecule has 5 nitrogen and oxygen atoms in total. The molecule has 0 saturated heterocycles. The van der Waals surface area contributed by atoms with Crippen LogP contribution in [0.3, 0.4) is 0 Å². The zero-order valence-electron chi connectivity index (χ0n) is 14.7. The molecule has 0 fully saturated rings. The summed E-state index contributed by atoms with van der Waals surface area (Å²) in [5.41, 5.74) is 2.32. The Kier molecular flexibility index (Phi) is 5.58. The summed E-state index contributed by atoms with van der Waals surface area (Å²) in [7, 11) is 1.75. The molecule has 6 heteroatoms. The topological polar surface area (TPSA) is 47.4 Å². The minimum Gasteiger partial charge on any atom is -0.492 e. The van der Waals surface area contributed by atoms with Crippen molar-refractivity contribution in [2.24, 2.45) is 0 Å². The zero-order valence-corrected chi connectivity index (χ0v) is 15.5. The maximum absolute atomic E-state index is 12.7. The number of amides is 1. The van der Waals surface area contributed by atoms with Crippen LogP contribution in [0.5, 0.6) is 5.75 Å². The van der Waals surface area contributed by atoms with Gasteiger partial charge in [-0.2, -0.15) is 5.10 Å². The molecule has 0 aliphatic carbocycles. The normalized spacial score (nSPS) is 10.6. The standard InChI is InChI=1S/C20H20ClN3O2/c1-15-19(14-22-24(15)17-8-4-3-5-9-17)20(25)23(2)11-12-26-18-10-6-7-16(21)13-18/h3-10,13-14H,11-12H2,1-2H3. The first-order valence-corrected chi connectivity index (χ1v) is 8.68. The van der Waals surface area contributed by atoms with E-state index in [-0.39, 0.29) is 5.91 Å². The summed E-state index contributed by atoms with van der Waals surface area (Å²) in [6.45, 7) is 2.74. The number of hydrogen-bond donors (Lipinski definition) is 0. The van der Waals surface area contributed by atoms with Crippen LogP contribution in [-0.4, -0.2) is 40.8 Å². The third-order valence-electron chi connectivity index (χ3n) is 4.08. The number of nitrogens with zero attached hydrogens (tertiary/aromatic N) is 3. The molecule has 0 bridgehead atoms. The quantitative estimate of drug-likeness (QED) is 0.660. The van der Waals surface area contributed by atoms with Crippen molar-refractivity contribution in [2.75, 3.05) is 20.2 Å². The van der Waals surface area contributed by atoms with Crippen molar-refractivity contribution in [3.8, 4) is 11.4 Å². The number of aromatic nitrogens is 2. The van der Waals surface area contributed by atoms with Gasteiger partial charge in [0.05, 0.1) is 29.7 Å². The second-order valence-electron chi connectivity index (χ2n) is 5.92. The number of carbonyl (C=O) groups excluding carboxylic acids is 1. The van der Waals surface area contributed by atoms with Crippen LogP contribution in [0.15, 0.2) is 60.8 Å². The van der Waals surface area contributed by atoms with Crippen molar-refractivity contribution in [3.63, 3.8) is 0 Å². The highest BCUT2D eigenvalue weighted by atomic mass is 35.5. The molecule has 26 heavy (non-hydrogen) atoms. The Bertz CT molecular complexity index is 893. The highest BCUT2D eigenvalue weighted by Gasteiger charge is 2.18. The van der Waals surface area contributed by atoms with Gasteiger partial charge in [-0.3, -0.25) is 4.79 Å². The third-order valence-corrected chi connectivity index (χ3v) is 4.31. The van der Waals surface area contributed by atoms with Crippen molar-refractivity contribution in [1.82, 2.24) is 14.7 Å². The van der Waals surface area contributed by atoms with Crippen LogP contribution < -0.4 is 4.74 Å². The van der Waals surface area contributed by atoms with Gasteiger partial charge in [0.15, 0.2) is 0 Å². The summed E-state index contributed by atoms with van der Waals surface area (Å²) in [5, 5.41) is 4.97. The lowest BCUT2D eigenvalue weighted by Gasteiger charge is -2.17. The number of para-hydroxylation sites is 1. The van der Waals surface area contributed by atoms with E-state index in [1.54, 1.807) is 35.0 Å². The fourth-order valence-electron chi connectivity index (χ4n) is 2.61. The van der Waals surface area contributed by atoms with E-state index in [4.69, 9.17) is 16.3 Å². The van der Waals surface area contributed by atoms with Gasteiger partial charge in [-0.25, -0.2) is 4.68 Å². The third kappa shape index (κ3) is 4.06. The molecule has 0 aliphatic rings. The first-order chi connectivity index (χ1) is 12.6. The minimum atomic E-state index is -0.0839. The number of rotatable bonds is 6. The number of likely N-dealkylation sites (N-methyl/N-ethyl adjacent to an activating group) is 1. The SMILES string of the molecule is Cc1c(C(=O)N(C)CCOc2cccc(Cl)c2)cnn1-c1ccccc1. The Morgan fingerprint density at radius 2 is 1.96 bits per heavy atom. The maximum Gasteiger partial charge on any atom is 0.257 e. The second kappa shape index (κ2) is 8.06. The summed E-state index contributed by atoms with van der Waals surface area (Å²) < 4.78 is 7.42. The van der Waals surface area contributed by atoms with Gasteiger partial charge in [-0.1, -0.05) is 35.9 Å². The van der Waals surface area contributed by atoms with Gasteiger partial charge in [0.1, 0.15) is 12.4 Å². The highest BCUT2D eigenvalue weighted by molar-refractivity contribution is 6.30. The van der Waals surface area contributed by atoms with Gasteiger partial charge in [0.2, 0.25) is 0 Å². The molecule has 0 spiro atoms. The lowest BCUT2D eigenvalue weighted by Crippen LogP contribution is -2.31. The monoisotopic (exact) mass is 369 g/mol. The van der Waals surface area contributed by atoms with Crippen molar-refractivity contribution in [2.45, 2.75) is 6.92 Å². The van der Waals surface area contributed by atoms with E-state index in [0.29, 0.717) is 29.5 Å². The number of hydrogen-bond acceptors (Lipinski definition) is 3. The maximum atomic E-state index is 12.7. The van der Waals surface area contributed by atoms with Gasteiger partial charge < -0.3 is 9.64 Å². The van der Waals surface area contributed by atoms with Crippen LogP contribution in [-0.2, 0) is 0 Å². The van der Waals surface area contributed by atoms with E-state index in [9.17, 15) is 4.79 Å². The van der Waals surface area contributed by atoms with Crippen molar-refractivity contribution in [3.05, 3.63) is 77.1 Å². The molecule has 1 amide bonds. The molecule has 0 unspecified atom stereocenters. The summed E-state index contributed by atoms with van der Waals surface area (Å²) in [6.07, 6.45) is 1.61. The molecule has 1 heterocycles. The van der Waals surface area contributed by atoms with E-state index in [1.165, 1.54) is 0 Å². The van der Waals surface area contributed by atoms with E-state index >= 15 is 0 Å². The fraction of sp³-hybridized carbons (Fsp3) is 0.200. The lowest BCUT2D eigenvalue weighted by molar-refractivity contribution is 0.0773. The molecular formula is C20H20ClN3O2. The molecular weight excluding hydrogens is 350 g/mol. The number of ether oxygens (including phenoxy) is 1. The Morgan fingerprint density at radius 1 is 1.19 bits per heavy atom. The fourth-order valence-corrected chi connectivity index (χ4v) is 2.79. The zero-order chi connectivity index (χ0) is 18.5. The minimum absolute atomic E-state index is 0.0839. The van der Waals surface area contributed by atoms with Crippen LogP contribution in [0, 0.1) is 6.92 Å². The van der Waals surface area contributed by atoms with E-state index < -0.39 is 0 Å². The van der Waals surface area contributed by atoms with Crippen LogP contribution >= 0.6 is 11.6 Å². The Hall–Kier alpha value is -2.79. The molecule has 3 rings (SSSR count). The second-order valence-corrected chi connectivity index (χ2v) is 6.36. The predicted molar refractivity (Wildman–Crippen MR) is 102 cm³/mol. The molecule has 134 valence electrons. The van der Waals surface area contributed by atoms with Gasteiger partial charge in [-0.15, -0.1) is 0 Å². The van der Waals surface area contributed by atoms with Crippen LogP contribution in [0.4, 0.5) is 0 Å².